The van der Waals surface area contributed by atoms with E-state index in [9.17, 15) is 9.59 Å². The van der Waals surface area contributed by atoms with Crippen LogP contribution in [0.3, 0.4) is 0 Å². The summed E-state index contributed by atoms with van der Waals surface area (Å²) in [6.07, 6.45) is 6.43. The minimum atomic E-state index is -0.429. The molecule has 0 aromatic carbocycles. The Labute approximate surface area is 170 Å². The van der Waals surface area contributed by atoms with Crippen LogP contribution in [-0.2, 0) is 11.8 Å². The second-order valence-corrected chi connectivity index (χ2v) is 7.88. The Bertz CT molecular complexity index is 880. The number of carbonyl (C=O) groups is 2. The third-order valence-electron chi connectivity index (χ3n) is 5.83. The number of amides is 2. The van der Waals surface area contributed by atoms with Gasteiger partial charge in [-0.25, -0.2) is 9.67 Å². The summed E-state index contributed by atoms with van der Waals surface area (Å²) in [6, 6.07) is 3.86. The number of rotatable bonds is 3. The number of aryl methyl sites for hydroxylation is 1. The fourth-order valence-electron chi connectivity index (χ4n) is 4.13. The van der Waals surface area contributed by atoms with Crippen LogP contribution in [0.4, 0.5) is 5.82 Å². The second kappa shape index (κ2) is 8.77. The van der Waals surface area contributed by atoms with Gasteiger partial charge in [0.15, 0.2) is 11.3 Å². The fourth-order valence-corrected chi connectivity index (χ4v) is 4.13. The fraction of sp³-hybridized carbons (Fsp3) is 0.600. The second-order valence-electron chi connectivity index (χ2n) is 7.88. The number of fused-ring (bicyclic) bond motifs is 1. The van der Waals surface area contributed by atoms with Crippen molar-refractivity contribution < 1.29 is 9.59 Å². The third kappa shape index (κ3) is 4.34. The van der Waals surface area contributed by atoms with Crippen LogP contribution in [0.5, 0.6) is 0 Å². The number of pyridine rings is 1. The highest BCUT2D eigenvalue weighted by Crippen LogP contribution is 2.23. The molecule has 4 heterocycles. The number of carbonyl (C=O) groups excluding carboxylic acids is 2. The first kappa shape index (κ1) is 19.6. The number of anilines is 1. The topological polar surface area (TPSA) is 104 Å². The minimum Gasteiger partial charge on any atom is -0.357 e. The summed E-state index contributed by atoms with van der Waals surface area (Å²) in [4.78, 5) is 32.0. The maximum atomic E-state index is 12.6. The van der Waals surface area contributed by atoms with E-state index in [0.717, 1.165) is 44.8 Å². The highest BCUT2D eigenvalue weighted by molar-refractivity contribution is 6.04. The van der Waals surface area contributed by atoms with Gasteiger partial charge < -0.3 is 10.2 Å². The summed E-state index contributed by atoms with van der Waals surface area (Å²) in [5, 5.41) is 8.25. The Morgan fingerprint density at radius 1 is 1.07 bits per heavy atom. The quantitative estimate of drug-likeness (QED) is 0.668. The molecular formula is C20H29N7O2. The molecule has 2 aromatic heterocycles. The normalized spacial score (nSPS) is 18.4. The first-order chi connectivity index (χ1) is 14.1. The van der Waals surface area contributed by atoms with Crippen LogP contribution >= 0.6 is 0 Å². The molecule has 2 aliphatic rings. The van der Waals surface area contributed by atoms with Crippen molar-refractivity contribution >= 4 is 28.7 Å². The van der Waals surface area contributed by atoms with Crippen LogP contribution in [0.2, 0.25) is 0 Å². The summed E-state index contributed by atoms with van der Waals surface area (Å²) < 4.78 is 1.63. The van der Waals surface area contributed by atoms with E-state index in [4.69, 9.17) is 4.98 Å². The number of nitrogens with one attached hydrogen (secondary N) is 3. The van der Waals surface area contributed by atoms with Crippen LogP contribution < -0.4 is 21.1 Å². The van der Waals surface area contributed by atoms with Gasteiger partial charge in [-0.3, -0.25) is 20.4 Å². The van der Waals surface area contributed by atoms with Crippen molar-refractivity contribution in [3.63, 3.8) is 0 Å². The Morgan fingerprint density at radius 2 is 1.79 bits per heavy atom. The lowest BCUT2D eigenvalue weighted by atomic mass is 9.98. The lowest BCUT2D eigenvalue weighted by Gasteiger charge is -2.21. The van der Waals surface area contributed by atoms with Crippen molar-refractivity contribution in [2.75, 3.05) is 31.1 Å². The van der Waals surface area contributed by atoms with Crippen molar-refractivity contribution in [2.24, 2.45) is 13.0 Å². The van der Waals surface area contributed by atoms with E-state index in [2.05, 4.69) is 26.2 Å². The number of hydrogen-bond donors (Lipinski definition) is 3. The van der Waals surface area contributed by atoms with Gasteiger partial charge in [0.05, 0.1) is 5.39 Å². The van der Waals surface area contributed by atoms with E-state index in [1.165, 1.54) is 25.7 Å². The SMILES string of the molecule is Cn1nc(C(=O)NNC(=O)C2CCNCC2)c2ccc(N3CCCCCC3)nc21. The summed E-state index contributed by atoms with van der Waals surface area (Å²) in [7, 11) is 1.78. The van der Waals surface area contributed by atoms with Crippen LogP contribution in [0, 0.1) is 5.92 Å². The van der Waals surface area contributed by atoms with Crippen LogP contribution in [0.25, 0.3) is 11.0 Å². The summed E-state index contributed by atoms with van der Waals surface area (Å²) in [5.74, 6) is 0.271. The van der Waals surface area contributed by atoms with Crippen molar-refractivity contribution in [3.05, 3.63) is 17.8 Å². The number of nitrogens with zero attached hydrogens (tertiary/aromatic N) is 4. The van der Waals surface area contributed by atoms with Crippen LogP contribution in [0.15, 0.2) is 12.1 Å². The molecule has 0 spiro atoms. The zero-order valence-corrected chi connectivity index (χ0v) is 16.9. The zero-order chi connectivity index (χ0) is 20.2. The molecule has 0 bridgehead atoms. The van der Waals surface area contributed by atoms with Crippen LogP contribution in [0.1, 0.15) is 49.0 Å². The maximum absolute atomic E-state index is 12.6. The minimum absolute atomic E-state index is 0.0742. The van der Waals surface area contributed by atoms with Gasteiger partial charge in [-0.2, -0.15) is 5.10 Å². The zero-order valence-electron chi connectivity index (χ0n) is 16.9. The molecule has 9 nitrogen and oxygen atoms in total. The molecule has 2 saturated heterocycles. The standard InChI is InChI=1S/C20H29N7O2/c1-26-18-15(6-7-16(22-18)27-12-4-2-3-5-13-27)17(25-26)20(29)24-23-19(28)14-8-10-21-11-9-14/h6-7,14,21H,2-5,8-13H2,1H3,(H,23,28)(H,24,29). The Morgan fingerprint density at radius 3 is 2.52 bits per heavy atom. The summed E-state index contributed by atoms with van der Waals surface area (Å²) >= 11 is 0. The van der Waals surface area contributed by atoms with Gasteiger partial charge in [0.25, 0.3) is 5.91 Å². The number of hydrazine groups is 1. The van der Waals surface area contributed by atoms with Gasteiger partial charge >= 0.3 is 0 Å². The van der Waals surface area contributed by atoms with E-state index < -0.39 is 5.91 Å². The lowest BCUT2D eigenvalue weighted by molar-refractivity contribution is -0.126. The van der Waals surface area contributed by atoms with Crippen molar-refractivity contribution in [2.45, 2.75) is 38.5 Å². The third-order valence-corrected chi connectivity index (χ3v) is 5.83. The Kier molecular flexibility index (Phi) is 5.94. The lowest BCUT2D eigenvalue weighted by Crippen LogP contribution is -2.46. The summed E-state index contributed by atoms with van der Waals surface area (Å²) in [6.45, 7) is 3.66. The monoisotopic (exact) mass is 399 g/mol. The van der Waals surface area contributed by atoms with Gasteiger partial charge in [-0.15, -0.1) is 0 Å². The van der Waals surface area contributed by atoms with E-state index in [-0.39, 0.29) is 17.5 Å². The average molecular weight is 399 g/mol. The molecule has 0 unspecified atom stereocenters. The molecule has 2 fully saturated rings. The molecule has 9 heteroatoms. The van der Waals surface area contributed by atoms with Gasteiger partial charge in [-0.1, -0.05) is 12.8 Å². The molecule has 2 amide bonds. The molecule has 4 rings (SSSR count). The first-order valence-electron chi connectivity index (χ1n) is 10.5. The highest BCUT2D eigenvalue weighted by Gasteiger charge is 2.23. The predicted molar refractivity (Wildman–Crippen MR) is 110 cm³/mol. The van der Waals surface area contributed by atoms with E-state index in [1.54, 1.807) is 11.7 Å². The molecule has 0 atom stereocenters. The number of aromatic nitrogens is 3. The smallest absolute Gasteiger partial charge is 0.290 e. The molecule has 2 aromatic rings. The van der Waals surface area contributed by atoms with Crippen molar-refractivity contribution in [1.29, 1.82) is 0 Å². The van der Waals surface area contributed by atoms with Gasteiger partial charge in [0, 0.05) is 26.1 Å². The Hall–Kier alpha value is -2.68. The van der Waals surface area contributed by atoms with E-state index >= 15 is 0 Å². The van der Waals surface area contributed by atoms with Gasteiger partial charge in [0.2, 0.25) is 5.91 Å². The molecule has 156 valence electrons. The van der Waals surface area contributed by atoms with Gasteiger partial charge in [-0.05, 0) is 50.9 Å². The molecule has 29 heavy (non-hydrogen) atoms. The van der Waals surface area contributed by atoms with E-state index in [1.807, 2.05) is 12.1 Å². The molecule has 2 aliphatic heterocycles. The summed E-state index contributed by atoms with van der Waals surface area (Å²) in [5.41, 5.74) is 6.00. The molecule has 0 aliphatic carbocycles. The van der Waals surface area contributed by atoms with Crippen molar-refractivity contribution in [3.8, 4) is 0 Å². The number of piperidine rings is 1. The largest absolute Gasteiger partial charge is 0.357 e. The van der Waals surface area contributed by atoms with E-state index in [0.29, 0.717) is 11.0 Å². The number of hydrogen-bond acceptors (Lipinski definition) is 6. The molecule has 0 radical (unpaired) electrons. The molecule has 0 saturated carbocycles. The Balaban J connectivity index is 1.47. The van der Waals surface area contributed by atoms with Crippen molar-refractivity contribution in [1.82, 2.24) is 30.9 Å². The van der Waals surface area contributed by atoms with Crippen LogP contribution in [-0.4, -0.2) is 52.8 Å². The maximum Gasteiger partial charge on any atom is 0.290 e. The predicted octanol–water partition coefficient (Wildman–Crippen LogP) is 1.11. The first-order valence-corrected chi connectivity index (χ1v) is 10.5. The molecular weight excluding hydrogens is 370 g/mol. The average Bonchev–Trinajstić information content (AvgIpc) is 2.92. The molecule has 3 N–H and O–H groups in total. The highest BCUT2D eigenvalue weighted by atomic mass is 16.2. The van der Waals surface area contributed by atoms with Gasteiger partial charge in [0.1, 0.15) is 5.82 Å².